The Kier molecular flexibility index (Phi) is 3.55. The van der Waals surface area contributed by atoms with E-state index in [1.54, 1.807) is 18.2 Å². The molecule has 1 heterocycles. The van der Waals surface area contributed by atoms with Gasteiger partial charge in [0.15, 0.2) is 5.82 Å². The third-order valence-electron chi connectivity index (χ3n) is 2.24. The quantitative estimate of drug-likeness (QED) is 0.796. The van der Waals surface area contributed by atoms with Crippen LogP contribution in [0.5, 0.6) is 0 Å². The van der Waals surface area contributed by atoms with Gasteiger partial charge in [-0.25, -0.2) is 8.42 Å². The molecule has 1 aromatic heterocycles. The highest BCUT2D eigenvalue weighted by Crippen LogP contribution is 2.33. The summed E-state index contributed by atoms with van der Waals surface area (Å²) in [5.74, 6) is 0.227. The van der Waals surface area contributed by atoms with E-state index in [1.165, 1.54) is 11.6 Å². The van der Waals surface area contributed by atoms with Gasteiger partial charge in [-0.3, -0.25) is 4.57 Å². The van der Waals surface area contributed by atoms with Crippen molar-refractivity contribution in [2.45, 2.75) is 5.16 Å². The molecule has 0 fully saturated rings. The van der Waals surface area contributed by atoms with Crippen LogP contribution in [0.25, 0.3) is 11.4 Å². The normalized spacial score (nSPS) is 11.8. The topological polar surface area (TPSA) is 64.8 Å². The lowest BCUT2D eigenvalue weighted by molar-refractivity contribution is 0.593. The summed E-state index contributed by atoms with van der Waals surface area (Å²) in [6.07, 6.45) is 0. The van der Waals surface area contributed by atoms with Gasteiger partial charge in [-0.15, -0.1) is 10.2 Å². The number of hydrogen-bond acceptors (Lipinski definition) is 4. The lowest BCUT2D eigenvalue weighted by atomic mass is 10.2. The molecule has 0 radical (unpaired) electrons. The highest BCUT2D eigenvalue weighted by atomic mass is 35.7. The molecular formula is C9H6Cl3N3O2S. The molecule has 0 aliphatic heterocycles. The number of aromatic nitrogens is 3. The monoisotopic (exact) mass is 325 g/mol. The van der Waals surface area contributed by atoms with E-state index in [1.807, 2.05) is 0 Å². The molecule has 0 saturated heterocycles. The average Bonchev–Trinajstić information content (AvgIpc) is 2.60. The second-order valence-corrected chi connectivity index (χ2v) is 6.67. The van der Waals surface area contributed by atoms with Crippen LogP contribution < -0.4 is 0 Å². The summed E-state index contributed by atoms with van der Waals surface area (Å²) >= 11 is 12.0. The highest BCUT2D eigenvalue weighted by molar-refractivity contribution is 8.13. The van der Waals surface area contributed by atoms with E-state index in [-0.39, 0.29) is 11.0 Å². The lowest BCUT2D eigenvalue weighted by Gasteiger charge is -2.06. The molecule has 0 saturated carbocycles. The van der Waals surface area contributed by atoms with Gasteiger partial charge < -0.3 is 0 Å². The molecule has 96 valence electrons. The minimum absolute atomic E-state index is 0.227. The molecule has 0 unspecified atom stereocenters. The van der Waals surface area contributed by atoms with Crippen molar-refractivity contribution in [3.8, 4) is 11.4 Å². The Morgan fingerprint density at radius 3 is 2.17 bits per heavy atom. The second kappa shape index (κ2) is 4.70. The number of benzene rings is 1. The van der Waals surface area contributed by atoms with E-state index in [9.17, 15) is 8.42 Å². The molecular weight excluding hydrogens is 321 g/mol. The summed E-state index contributed by atoms with van der Waals surface area (Å²) in [4.78, 5) is 0. The first kappa shape index (κ1) is 13.6. The van der Waals surface area contributed by atoms with E-state index in [0.717, 1.165) is 0 Å². The van der Waals surface area contributed by atoms with Crippen molar-refractivity contribution in [2.24, 2.45) is 7.05 Å². The molecule has 1 aromatic carbocycles. The van der Waals surface area contributed by atoms with Gasteiger partial charge in [0.1, 0.15) is 0 Å². The van der Waals surface area contributed by atoms with Crippen LogP contribution in [-0.2, 0) is 16.1 Å². The first-order valence-electron chi connectivity index (χ1n) is 4.61. The molecule has 0 N–H and O–H groups in total. The number of rotatable bonds is 2. The van der Waals surface area contributed by atoms with E-state index < -0.39 is 9.05 Å². The van der Waals surface area contributed by atoms with E-state index in [4.69, 9.17) is 33.9 Å². The van der Waals surface area contributed by atoms with Gasteiger partial charge in [-0.05, 0) is 12.1 Å². The van der Waals surface area contributed by atoms with E-state index in [2.05, 4.69) is 10.2 Å². The molecule has 18 heavy (non-hydrogen) atoms. The first-order valence-corrected chi connectivity index (χ1v) is 7.67. The predicted molar refractivity (Wildman–Crippen MR) is 69.5 cm³/mol. The van der Waals surface area contributed by atoms with Gasteiger partial charge in [0.2, 0.25) is 0 Å². The summed E-state index contributed by atoms with van der Waals surface area (Å²) in [7, 11) is 2.72. The summed E-state index contributed by atoms with van der Waals surface area (Å²) < 4.78 is 23.7. The van der Waals surface area contributed by atoms with Crippen molar-refractivity contribution < 1.29 is 8.42 Å². The SMILES string of the molecule is Cn1c(-c2c(Cl)cccc2Cl)nnc1S(=O)(=O)Cl. The third kappa shape index (κ3) is 2.33. The van der Waals surface area contributed by atoms with Crippen molar-refractivity contribution in [3.05, 3.63) is 28.2 Å². The number of nitrogens with zero attached hydrogens (tertiary/aromatic N) is 3. The van der Waals surface area contributed by atoms with Crippen LogP contribution in [0.4, 0.5) is 0 Å². The molecule has 9 heteroatoms. The second-order valence-electron chi connectivity index (χ2n) is 3.40. The van der Waals surface area contributed by atoms with Crippen molar-refractivity contribution in [2.75, 3.05) is 0 Å². The molecule has 2 rings (SSSR count). The van der Waals surface area contributed by atoms with Crippen molar-refractivity contribution in [1.29, 1.82) is 0 Å². The van der Waals surface area contributed by atoms with Crippen LogP contribution in [0.15, 0.2) is 23.4 Å². The van der Waals surface area contributed by atoms with Crippen molar-refractivity contribution in [1.82, 2.24) is 14.8 Å². The molecule has 0 aliphatic rings. The van der Waals surface area contributed by atoms with E-state index >= 15 is 0 Å². The number of halogens is 3. The first-order chi connectivity index (χ1) is 8.32. The Labute approximate surface area is 118 Å². The predicted octanol–water partition coefficient (Wildman–Crippen LogP) is 2.72. The summed E-state index contributed by atoms with van der Waals surface area (Å²) in [5, 5.41) is 7.60. The summed E-state index contributed by atoms with van der Waals surface area (Å²) in [5.41, 5.74) is 0.405. The Balaban J connectivity index is 2.71. The van der Waals surface area contributed by atoms with Crippen LogP contribution in [0.1, 0.15) is 0 Å². The smallest absolute Gasteiger partial charge is 0.296 e. The standard InChI is InChI=1S/C9H6Cl3N3O2S/c1-15-8(13-14-9(15)18(12,16)17)7-5(10)3-2-4-6(7)11/h2-4H,1H3. The average molecular weight is 327 g/mol. The fourth-order valence-corrected chi connectivity index (χ4v) is 2.98. The molecule has 0 aliphatic carbocycles. The van der Waals surface area contributed by atoms with Gasteiger partial charge >= 0.3 is 0 Å². The zero-order valence-corrected chi connectivity index (χ0v) is 12.0. The molecule has 5 nitrogen and oxygen atoms in total. The van der Waals surface area contributed by atoms with Gasteiger partial charge in [0.25, 0.3) is 14.2 Å². The fraction of sp³-hybridized carbons (Fsp3) is 0.111. The minimum atomic E-state index is -3.97. The summed E-state index contributed by atoms with van der Waals surface area (Å²) in [6, 6.07) is 4.91. The number of hydrogen-bond donors (Lipinski definition) is 0. The Bertz CT molecular complexity index is 692. The zero-order valence-electron chi connectivity index (χ0n) is 8.93. The van der Waals surface area contributed by atoms with Gasteiger partial charge in [-0.2, -0.15) is 0 Å². The molecule has 0 spiro atoms. The van der Waals surface area contributed by atoms with E-state index in [0.29, 0.717) is 15.6 Å². The van der Waals surface area contributed by atoms with Crippen molar-refractivity contribution >= 4 is 42.9 Å². The van der Waals surface area contributed by atoms with Crippen LogP contribution >= 0.6 is 33.9 Å². The van der Waals surface area contributed by atoms with Gasteiger partial charge in [0.05, 0.1) is 15.6 Å². The van der Waals surface area contributed by atoms with Crippen LogP contribution in [0, 0.1) is 0 Å². The maximum absolute atomic E-state index is 11.2. The molecule has 0 bridgehead atoms. The molecule has 0 atom stereocenters. The molecule has 2 aromatic rings. The maximum Gasteiger partial charge on any atom is 0.296 e. The van der Waals surface area contributed by atoms with Crippen LogP contribution in [-0.4, -0.2) is 23.2 Å². The zero-order chi connectivity index (χ0) is 13.5. The largest absolute Gasteiger partial charge is 0.300 e. The summed E-state index contributed by atoms with van der Waals surface area (Å²) in [6.45, 7) is 0. The van der Waals surface area contributed by atoms with Gasteiger partial charge in [0, 0.05) is 17.7 Å². The maximum atomic E-state index is 11.2. The highest BCUT2D eigenvalue weighted by Gasteiger charge is 2.23. The Hall–Kier alpha value is -0.820. The third-order valence-corrected chi connectivity index (χ3v) is 4.07. The molecule has 0 amide bonds. The van der Waals surface area contributed by atoms with Crippen LogP contribution in [0.2, 0.25) is 10.0 Å². The van der Waals surface area contributed by atoms with Gasteiger partial charge in [-0.1, -0.05) is 29.3 Å². The van der Waals surface area contributed by atoms with Crippen molar-refractivity contribution in [3.63, 3.8) is 0 Å². The van der Waals surface area contributed by atoms with Crippen LogP contribution in [0.3, 0.4) is 0 Å². The minimum Gasteiger partial charge on any atom is -0.300 e. The lowest BCUT2D eigenvalue weighted by Crippen LogP contribution is -2.03. The fourth-order valence-electron chi connectivity index (χ4n) is 1.46. The Morgan fingerprint density at radius 1 is 1.17 bits per heavy atom. The Morgan fingerprint density at radius 2 is 1.72 bits per heavy atom.